The Morgan fingerprint density at radius 1 is 0.950 bits per heavy atom. The fourth-order valence-corrected chi connectivity index (χ4v) is 5.73. The van der Waals surface area contributed by atoms with Crippen LogP contribution in [-0.2, 0) is 6.54 Å². The van der Waals surface area contributed by atoms with E-state index in [9.17, 15) is 4.39 Å². The lowest BCUT2D eigenvalue weighted by Crippen LogP contribution is -2.20. The number of aromatic amines is 2. The lowest BCUT2D eigenvalue weighted by molar-refractivity contribution is 0.489. The zero-order valence-corrected chi connectivity index (χ0v) is 21.7. The molecule has 3 N–H and O–H groups in total. The molecular weight excluding hydrogens is 508 g/mol. The molecule has 7 nitrogen and oxygen atoms in total. The molecule has 0 amide bonds. The van der Waals surface area contributed by atoms with Crippen molar-refractivity contribution in [3.8, 4) is 33.8 Å². The van der Waals surface area contributed by atoms with Crippen LogP contribution >= 0.6 is 0 Å². The fourth-order valence-electron chi connectivity index (χ4n) is 5.73. The smallest absolute Gasteiger partial charge is 0.178 e. The van der Waals surface area contributed by atoms with Gasteiger partial charge >= 0.3 is 0 Å². The summed E-state index contributed by atoms with van der Waals surface area (Å²) in [5.74, 6) is 0.547. The third-order valence-corrected chi connectivity index (χ3v) is 7.75. The first-order valence-electron chi connectivity index (χ1n) is 13.6. The van der Waals surface area contributed by atoms with Gasteiger partial charge in [0.05, 0.1) is 11.0 Å². The van der Waals surface area contributed by atoms with Gasteiger partial charge in [-0.1, -0.05) is 25.0 Å². The fraction of sp³-hybridized carbons (Fsp3) is 0.226. The summed E-state index contributed by atoms with van der Waals surface area (Å²) in [5, 5.41) is 11.6. The lowest BCUT2D eigenvalue weighted by Gasteiger charge is -2.11. The molecule has 0 atom stereocenters. The van der Waals surface area contributed by atoms with Gasteiger partial charge in [0, 0.05) is 53.3 Å². The highest BCUT2D eigenvalue weighted by molar-refractivity contribution is 5.97. The van der Waals surface area contributed by atoms with Gasteiger partial charge in [-0.05, 0) is 66.8 Å². The first kappa shape index (κ1) is 24.5. The van der Waals surface area contributed by atoms with Crippen molar-refractivity contribution in [3.63, 3.8) is 0 Å². The number of rotatable bonds is 7. The second-order valence-electron chi connectivity index (χ2n) is 10.5. The van der Waals surface area contributed by atoms with E-state index in [2.05, 4.69) is 35.5 Å². The molecule has 0 spiro atoms. The van der Waals surface area contributed by atoms with E-state index < -0.39 is 0 Å². The molecule has 9 heteroatoms. The number of imidazole rings is 1. The Hall–Kier alpha value is -4.50. The predicted octanol–water partition coefficient (Wildman–Crippen LogP) is 6.79. The molecule has 6 aromatic rings. The van der Waals surface area contributed by atoms with Crippen LogP contribution in [0, 0.1) is 17.6 Å². The van der Waals surface area contributed by atoms with Gasteiger partial charge in [-0.25, -0.2) is 18.7 Å². The summed E-state index contributed by atoms with van der Waals surface area (Å²) < 4.78 is 29.2. The molecule has 0 aliphatic heterocycles. The minimum absolute atomic E-state index is 0.321. The minimum atomic E-state index is -0.361. The summed E-state index contributed by atoms with van der Waals surface area (Å²) in [6.07, 6.45) is 10.4. The van der Waals surface area contributed by atoms with E-state index in [-0.39, 0.29) is 11.6 Å². The molecule has 0 unspecified atom stereocenters. The Kier molecular flexibility index (Phi) is 6.28. The Morgan fingerprint density at radius 2 is 1.85 bits per heavy atom. The second kappa shape index (κ2) is 10.2. The molecule has 40 heavy (non-hydrogen) atoms. The van der Waals surface area contributed by atoms with E-state index in [0.29, 0.717) is 56.8 Å². The van der Waals surface area contributed by atoms with Crippen LogP contribution in [-0.4, -0.2) is 36.7 Å². The van der Waals surface area contributed by atoms with Gasteiger partial charge in [0.25, 0.3) is 0 Å². The quantitative estimate of drug-likeness (QED) is 0.209. The van der Waals surface area contributed by atoms with Gasteiger partial charge in [-0.15, -0.1) is 0 Å². The molecule has 0 bridgehead atoms. The van der Waals surface area contributed by atoms with Gasteiger partial charge in [0.1, 0.15) is 17.3 Å². The molecule has 2 aromatic carbocycles. The summed E-state index contributed by atoms with van der Waals surface area (Å²) in [7, 11) is 0. The van der Waals surface area contributed by atoms with E-state index in [0.717, 1.165) is 23.6 Å². The van der Waals surface area contributed by atoms with Crippen molar-refractivity contribution in [2.75, 3.05) is 6.54 Å². The third kappa shape index (κ3) is 4.62. The molecule has 1 aliphatic rings. The topological polar surface area (TPSA) is 95.2 Å². The Balaban J connectivity index is 1.23. The molecule has 0 radical (unpaired) electrons. The van der Waals surface area contributed by atoms with Crippen LogP contribution in [0.5, 0.6) is 0 Å². The van der Waals surface area contributed by atoms with Crippen molar-refractivity contribution in [3.05, 3.63) is 84.3 Å². The molecule has 1 aliphatic carbocycles. The van der Waals surface area contributed by atoms with E-state index >= 15 is 4.39 Å². The van der Waals surface area contributed by atoms with Gasteiger partial charge in [-0.3, -0.25) is 10.1 Å². The number of pyridine rings is 2. The number of nitrogens with zero attached hydrogens (tertiary/aromatic N) is 4. The molecule has 200 valence electrons. The summed E-state index contributed by atoms with van der Waals surface area (Å²) in [4.78, 5) is 16.8. The van der Waals surface area contributed by atoms with Crippen LogP contribution in [0.1, 0.15) is 31.2 Å². The molecule has 0 saturated heterocycles. The maximum atomic E-state index is 15.3. The van der Waals surface area contributed by atoms with Crippen LogP contribution in [0.2, 0.25) is 0 Å². The van der Waals surface area contributed by atoms with Crippen molar-refractivity contribution < 1.29 is 8.78 Å². The summed E-state index contributed by atoms with van der Waals surface area (Å²) in [5.41, 5.74) is 5.89. The maximum Gasteiger partial charge on any atom is 0.178 e. The van der Waals surface area contributed by atoms with Gasteiger partial charge in [0.2, 0.25) is 0 Å². The van der Waals surface area contributed by atoms with Crippen LogP contribution in [0.25, 0.3) is 55.8 Å². The zero-order valence-electron chi connectivity index (χ0n) is 21.7. The van der Waals surface area contributed by atoms with Gasteiger partial charge < -0.3 is 10.3 Å². The van der Waals surface area contributed by atoms with E-state index in [4.69, 9.17) is 0 Å². The first-order chi connectivity index (χ1) is 19.6. The Morgan fingerprint density at radius 3 is 2.73 bits per heavy atom. The zero-order chi connectivity index (χ0) is 27.1. The number of aromatic nitrogens is 6. The summed E-state index contributed by atoms with van der Waals surface area (Å²) >= 11 is 0. The molecule has 1 saturated carbocycles. The van der Waals surface area contributed by atoms with Crippen molar-refractivity contribution in [1.82, 2.24) is 35.5 Å². The number of hydrogen-bond acceptors (Lipinski definition) is 5. The number of halogens is 2. The number of H-pyrrole nitrogens is 2. The van der Waals surface area contributed by atoms with E-state index in [1.54, 1.807) is 24.5 Å². The van der Waals surface area contributed by atoms with Crippen molar-refractivity contribution in [2.45, 2.75) is 32.2 Å². The number of nitrogens with one attached hydrogen (secondary N) is 3. The van der Waals surface area contributed by atoms with Crippen LogP contribution in [0.4, 0.5) is 8.78 Å². The minimum Gasteiger partial charge on any atom is -0.335 e. The molecule has 4 aromatic heterocycles. The number of fused-ring (bicyclic) bond motifs is 2. The largest absolute Gasteiger partial charge is 0.335 e. The maximum absolute atomic E-state index is 15.3. The average Bonchev–Trinajstić information content (AvgIpc) is 3.72. The highest BCUT2D eigenvalue weighted by atomic mass is 19.1. The van der Waals surface area contributed by atoms with Crippen LogP contribution in [0.3, 0.4) is 0 Å². The Bertz CT molecular complexity index is 1840. The third-order valence-electron chi connectivity index (χ3n) is 7.75. The summed E-state index contributed by atoms with van der Waals surface area (Å²) in [6.45, 7) is 1.69. The van der Waals surface area contributed by atoms with Gasteiger partial charge in [-0.2, -0.15) is 5.10 Å². The lowest BCUT2D eigenvalue weighted by atomic mass is 10.0. The van der Waals surface area contributed by atoms with Crippen LogP contribution < -0.4 is 5.32 Å². The summed E-state index contributed by atoms with van der Waals surface area (Å²) in [6, 6.07) is 13.4. The Labute approximate surface area is 229 Å². The highest BCUT2D eigenvalue weighted by Gasteiger charge is 2.19. The van der Waals surface area contributed by atoms with Gasteiger partial charge in [0.15, 0.2) is 11.5 Å². The molecule has 7 rings (SSSR count). The van der Waals surface area contributed by atoms with Crippen LogP contribution in [0.15, 0.2) is 67.1 Å². The van der Waals surface area contributed by atoms with E-state index in [1.807, 2.05) is 24.4 Å². The monoisotopic (exact) mass is 535 g/mol. The molecular formula is C31H27F2N7. The average molecular weight is 536 g/mol. The SMILES string of the molecule is Fc1cccc(-c2ccnc3nc(-c4n[nH]c5cc(F)c(-c6cncc(CNCC7CCCC7)c6)cc45)[nH]c23)c1. The second-order valence-corrected chi connectivity index (χ2v) is 10.5. The highest BCUT2D eigenvalue weighted by Crippen LogP contribution is 2.34. The normalized spacial score (nSPS) is 14.1. The van der Waals surface area contributed by atoms with Crippen molar-refractivity contribution in [2.24, 2.45) is 5.92 Å². The number of hydrogen-bond donors (Lipinski definition) is 3. The van der Waals surface area contributed by atoms with Crippen molar-refractivity contribution >= 4 is 22.1 Å². The number of benzene rings is 2. The standard InChI is InChI=1S/C31H27F2N7/c32-22-7-3-6-20(11-22)23-8-9-36-30-28(23)37-31(38-30)29-25-12-24(26(33)13-27(25)39-40-29)21-10-19(16-35-17-21)15-34-14-18-4-1-2-5-18/h3,6-13,16-18,34H,1-2,4-5,14-15H2,(H,39,40)(H,36,37,38). The van der Waals surface area contributed by atoms with Crippen molar-refractivity contribution in [1.29, 1.82) is 0 Å². The van der Waals surface area contributed by atoms with E-state index in [1.165, 1.54) is 43.9 Å². The molecule has 1 fully saturated rings. The molecule has 4 heterocycles. The predicted molar refractivity (Wildman–Crippen MR) is 151 cm³/mol. The first-order valence-corrected chi connectivity index (χ1v) is 13.6.